The Hall–Kier alpha value is -2.37. The van der Waals surface area contributed by atoms with Crippen LogP contribution in [0.2, 0.25) is 0 Å². The summed E-state index contributed by atoms with van der Waals surface area (Å²) in [6.07, 6.45) is 2.10. The van der Waals surface area contributed by atoms with Gasteiger partial charge in [0.25, 0.3) is 5.56 Å². The highest BCUT2D eigenvalue weighted by Crippen LogP contribution is 2.15. The molecule has 0 amide bonds. The van der Waals surface area contributed by atoms with E-state index in [0.29, 0.717) is 12.3 Å². The van der Waals surface area contributed by atoms with Crippen molar-refractivity contribution in [3.05, 3.63) is 51.3 Å². The van der Waals surface area contributed by atoms with Gasteiger partial charge in [-0.1, -0.05) is 12.1 Å². The molecule has 22 heavy (non-hydrogen) atoms. The fourth-order valence-electron chi connectivity index (χ4n) is 2.14. The molecule has 0 unspecified atom stereocenters. The molecule has 2 aromatic heterocycles. The van der Waals surface area contributed by atoms with Gasteiger partial charge in [0.15, 0.2) is 0 Å². The summed E-state index contributed by atoms with van der Waals surface area (Å²) in [6, 6.07) is 2.87. The molecule has 0 aliphatic rings. The van der Waals surface area contributed by atoms with Gasteiger partial charge in [-0.05, 0) is 33.3 Å². The summed E-state index contributed by atoms with van der Waals surface area (Å²) in [7, 11) is 0. The second-order valence-electron chi connectivity index (χ2n) is 5.35. The second-order valence-corrected chi connectivity index (χ2v) is 5.35. The van der Waals surface area contributed by atoms with Crippen LogP contribution in [0.3, 0.4) is 0 Å². The Bertz CT molecular complexity index is 728. The third-order valence-corrected chi connectivity index (χ3v) is 3.30. The fourth-order valence-corrected chi connectivity index (χ4v) is 2.14. The summed E-state index contributed by atoms with van der Waals surface area (Å²) < 4.78 is 11.8. The van der Waals surface area contributed by atoms with Crippen LogP contribution in [0, 0.1) is 6.92 Å². The lowest BCUT2D eigenvalue weighted by atomic mass is 10.1. The topological polar surface area (TPSA) is 74.3 Å². The number of aryl methyl sites for hydroxylation is 2. The van der Waals surface area contributed by atoms with Crippen LogP contribution in [0.4, 0.5) is 0 Å². The normalized spacial score (nSPS) is 11.0. The first-order valence-electron chi connectivity index (χ1n) is 7.27. The van der Waals surface area contributed by atoms with Gasteiger partial charge in [-0.3, -0.25) is 4.79 Å². The van der Waals surface area contributed by atoms with Crippen molar-refractivity contribution in [1.29, 1.82) is 0 Å². The molecule has 2 heterocycles. The molecule has 0 radical (unpaired) electrons. The van der Waals surface area contributed by atoms with E-state index in [1.807, 2.05) is 13.8 Å². The monoisotopic (exact) mass is 304 g/mol. The van der Waals surface area contributed by atoms with E-state index in [2.05, 4.69) is 5.16 Å². The minimum Gasteiger partial charge on any atom is -0.459 e. The molecule has 2 aromatic rings. The van der Waals surface area contributed by atoms with Crippen molar-refractivity contribution in [1.82, 2.24) is 9.72 Å². The number of carbonyl (C=O) groups excluding carboxylic acids is 1. The number of hydrogen-bond acceptors (Lipinski definition) is 5. The van der Waals surface area contributed by atoms with Crippen LogP contribution in [-0.4, -0.2) is 21.8 Å². The van der Waals surface area contributed by atoms with E-state index in [0.717, 1.165) is 17.7 Å². The highest BCUT2D eigenvalue weighted by Gasteiger charge is 2.14. The van der Waals surface area contributed by atoms with E-state index in [-0.39, 0.29) is 17.2 Å². The van der Waals surface area contributed by atoms with Gasteiger partial charge in [-0.25, -0.2) is 4.79 Å². The second kappa shape index (κ2) is 6.60. The molecule has 118 valence electrons. The van der Waals surface area contributed by atoms with Crippen molar-refractivity contribution in [3.8, 4) is 0 Å². The van der Waals surface area contributed by atoms with Crippen LogP contribution in [0.25, 0.3) is 0 Å². The maximum absolute atomic E-state index is 12.2. The minimum absolute atomic E-state index is 0.221. The number of pyridine rings is 1. The van der Waals surface area contributed by atoms with Crippen molar-refractivity contribution in [2.75, 3.05) is 0 Å². The fraction of sp³-hybridized carbons (Fsp3) is 0.438. The average Bonchev–Trinajstić information content (AvgIpc) is 2.81. The van der Waals surface area contributed by atoms with Crippen LogP contribution in [-0.2, 0) is 17.7 Å². The lowest BCUT2D eigenvalue weighted by Gasteiger charge is -2.09. The third-order valence-electron chi connectivity index (χ3n) is 3.30. The molecule has 0 aromatic carbocycles. The summed E-state index contributed by atoms with van der Waals surface area (Å²) in [5.74, 6) is 0.210. The van der Waals surface area contributed by atoms with Gasteiger partial charge in [-0.2, -0.15) is 0 Å². The van der Waals surface area contributed by atoms with Gasteiger partial charge in [0.1, 0.15) is 5.76 Å². The Morgan fingerprint density at radius 2 is 2.18 bits per heavy atom. The molecule has 0 saturated heterocycles. The number of ether oxygens (including phenoxy) is 1. The van der Waals surface area contributed by atoms with Crippen LogP contribution in [0.15, 0.2) is 27.6 Å². The molecule has 0 aliphatic heterocycles. The smallest absolute Gasteiger partial charge is 0.338 e. The van der Waals surface area contributed by atoms with Gasteiger partial charge in [0.05, 0.1) is 23.9 Å². The van der Waals surface area contributed by atoms with E-state index < -0.39 is 5.97 Å². The zero-order chi connectivity index (χ0) is 16.3. The maximum atomic E-state index is 12.2. The molecule has 0 aliphatic carbocycles. The summed E-state index contributed by atoms with van der Waals surface area (Å²) in [5, 5.41) is 3.97. The molecule has 2 rings (SSSR count). The number of hydrogen-bond donors (Lipinski definition) is 0. The van der Waals surface area contributed by atoms with E-state index in [9.17, 15) is 9.59 Å². The van der Waals surface area contributed by atoms with E-state index in [1.165, 1.54) is 10.6 Å². The van der Waals surface area contributed by atoms with Crippen LogP contribution in [0.5, 0.6) is 0 Å². The van der Waals surface area contributed by atoms with Crippen molar-refractivity contribution < 1.29 is 14.1 Å². The van der Waals surface area contributed by atoms with Crippen molar-refractivity contribution in [3.63, 3.8) is 0 Å². The number of aromatic nitrogens is 2. The van der Waals surface area contributed by atoms with Gasteiger partial charge in [-0.15, -0.1) is 0 Å². The van der Waals surface area contributed by atoms with Gasteiger partial charge < -0.3 is 13.8 Å². The summed E-state index contributed by atoms with van der Waals surface area (Å²) >= 11 is 0. The van der Waals surface area contributed by atoms with Gasteiger partial charge >= 0.3 is 5.97 Å². The standard InChI is InChI=1S/C16H20N2O4/c1-5-14-13(11(4)22-17-14)9-18-7-6-12(8-15(18)19)16(20)21-10(2)3/h6-8,10H,5,9H2,1-4H3. The molecule has 0 bridgehead atoms. The molecule has 0 N–H and O–H groups in total. The predicted octanol–water partition coefficient (Wildman–Crippen LogP) is 2.32. The van der Waals surface area contributed by atoms with Crippen LogP contribution >= 0.6 is 0 Å². The molecule has 0 atom stereocenters. The zero-order valence-electron chi connectivity index (χ0n) is 13.3. The summed E-state index contributed by atoms with van der Waals surface area (Å²) in [4.78, 5) is 24.0. The molecular weight excluding hydrogens is 284 g/mol. The van der Waals surface area contributed by atoms with E-state index in [1.54, 1.807) is 26.1 Å². The highest BCUT2D eigenvalue weighted by molar-refractivity contribution is 5.89. The zero-order valence-corrected chi connectivity index (χ0v) is 13.3. The summed E-state index contributed by atoms with van der Waals surface area (Å²) in [5.41, 5.74) is 1.74. The quantitative estimate of drug-likeness (QED) is 0.792. The first-order chi connectivity index (χ1) is 10.4. The molecule has 6 nitrogen and oxygen atoms in total. The van der Waals surface area contributed by atoms with Gasteiger partial charge in [0.2, 0.25) is 0 Å². The maximum Gasteiger partial charge on any atom is 0.338 e. The Morgan fingerprint density at radius 1 is 1.45 bits per heavy atom. The predicted molar refractivity (Wildman–Crippen MR) is 81.0 cm³/mol. The van der Waals surface area contributed by atoms with Crippen molar-refractivity contribution in [2.24, 2.45) is 0 Å². The van der Waals surface area contributed by atoms with Crippen LogP contribution < -0.4 is 5.56 Å². The molecular formula is C16H20N2O4. The van der Waals surface area contributed by atoms with E-state index >= 15 is 0 Å². The van der Waals surface area contributed by atoms with Gasteiger partial charge in [0, 0.05) is 17.8 Å². The number of rotatable bonds is 5. The number of carbonyl (C=O) groups is 1. The lowest BCUT2D eigenvalue weighted by molar-refractivity contribution is 0.0377. The minimum atomic E-state index is -0.491. The van der Waals surface area contributed by atoms with E-state index in [4.69, 9.17) is 9.26 Å². The van der Waals surface area contributed by atoms with Crippen molar-refractivity contribution >= 4 is 5.97 Å². The molecule has 6 heteroatoms. The molecule has 0 saturated carbocycles. The third kappa shape index (κ3) is 3.44. The van der Waals surface area contributed by atoms with Crippen molar-refractivity contribution in [2.45, 2.75) is 46.8 Å². The first kappa shape index (κ1) is 16.0. The first-order valence-corrected chi connectivity index (χ1v) is 7.27. The number of nitrogens with zero attached hydrogens (tertiary/aromatic N) is 2. The average molecular weight is 304 g/mol. The Kier molecular flexibility index (Phi) is 4.80. The molecule has 0 spiro atoms. The summed E-state index contributed by atoms with van der Waals surface area (Å²) in [6.45, 7) is 7.70. The Labute approximate surface area is 128 Å². The SMILES string of the molecule is CCc1noc(C)c1Cn1ccc(C(=O)OC(C)C)cc1=O. The lowest BCUT2D eigenvalue weighted by Crippen LogP contribution is -2.22. The molecule has 0 fully saturated rings. The Balaban J connectivity index is 2.25. The number of esters is 1. The van der Waals surface area contributed by atoms with Crippen LogP contribution in [0.1, 0.15) is 48.1 Å². The highest BCUT2D eigenvalue weighted by atomic mass is 16.5. The largest absolute Gasteiger partial charge is 0.459 e. The Morgan fingerprint density at radius 3 is 2.77 bits per heavy atom.